The fourth-order valence-electron chi connectivity index (χ4n) is 3.85. The highest BCUT2D eigenvalue weighted by Gasteiger charge is 2.27. The van der Waals surface area contributed by atoms with Crippen LogP contribution in [0.25, 0.3) is 33.5 Å². The van der Waals surface area contributed by atoms with Gasteiger partial charge in [-0.05, 0) is 31.6 Å². The summed E-state index contributed by atoms with van der Waals surface area (Å²) in [4.78, 5) is 36.4. The molecule has 7 nitrogen and oxygen atoms in total. The Kier molecular flexibility index (Phi) is 4.71. The Hall–Kier alpha value is -4.04. The lowest BCUT2D eigenvalue weighted by Gasteiger charge is -2.02. The zero-order valence-electron chi connectivity index (χ0n) is 17.3. The number of carbonyl (C=O) groups excluding carboxylic acids is 1. The van der Waals surface area contributed by atoms with Crippen LogP contribution in [-0.2, 0) is 4.79 Å². The van der Waals surface area contributed by atoms with Gasteiger partial charge in [0.05, 0.1) is 16.8 Å². The Balaban J connectivity index is 1.55. The van der Waals surface area contributed by atoms with Crippen molar-refractivity contribution in [2.75, 3.05) is 5.32 Å². The molecule has 0 saturated carbocycles. The Morgan fingerprint density at radius 3 is 2.66 bits per heavy atom. The monoisotopic (exact) mass is 442 g/mol. The van der Waals surface area contributed by atoms with Gasteiger partial charge in [-0.25, -0.2) is 14.8 Å². The molecule has 32 heavy (non-hydrogen) atoms. The van der Waals surface area contributed by atoms with E-state index in [0.29, 0.717) is 33.9 Å². The molecule has 158 valence electrons. The number of carboxylic acid groups (broad SMARTS) is 1. The molecule has 0 atom stereocenters. The third kappa shape index (κ3) is 3.30. The summed E-state index contributed by atoms with van der Waals surface area (Å²) < 4.78 is 0. The van der Waals surface area contributed by atoms with Gasteiger partial charge in [-0.1, -0.05) is 30.3 Å². The number of aromatic nitrogens is 3. The molecule has 5 rings (SSSR count). The predicted octanol–water partition coefficient (Wildman–Crippen LogP) is 5.01. The summed E-state index contributed by atoms with van der Waals surface area (Å²) in [5, 5.41) is 15.1. The van der Waals surface area contributed by atoms with E-state index in [2.05, 4.69) is 15.3 Å². The number of benzene rings is 1. The van der Waals surface area contributed by atoms with Gasteiger partial charge in [0.25, 0.3) is 5.91 Å². The van der Waals surface area contributed by atoms with Crippen LogP contribution in [0.4, 0.5) is 5.82 Å². The van der Waals surface area contributed by atoms with Gasteiger partial charge in [-0.3, -0.25) is 4.79 Å². The van der Waals surface area contributed by atoms with E-state index in [4.69, 9.17) is 4.98 Å². The van der Waals surface area contributed by atoms with Gasteiger partial charge in [0.1, 0.15) is 10.8 Å². The highest BCUT2D eigenvalue weighted by atomic mass is 32.1. The third-order valence-corrected chi connectivity index (χ3v) is 6.35. The maximum absolute atomic E-state index is 12.6. The lowest BCUT2D eigenvalue weighted by Crippen LogP contribution is -2.04. The first-order valence-corrected chi connectivity index (χ1v) is 10.8. The van der Waals surface area contributed by atoms with E-state index in [0.717, 1.165) is 21.8 Å². The average Bonchev–Trinajstić information content (AvgIpc) is 3.45. The molecule has 1 aliphatic heterocycles. The number of anilines is 1. The van der Waals surface area contributed by atoms with Crippen molar-refractivity contribution in [1.82, 2.24) is 15.0 Å². The molecule has 1 aromatic carbocycles. The second kappa shape index (κ2) is 7.58. The van der Waals surface area contributed by atoms with Gasteiger partial charge in [0, 0.05) is 39.7 Å². The Morgan fingerprint density at radius 2 is 1.94 bits per heavy atom. The van der Waals surface area contributed by atoms with E-state index in [9.17, 15) is 14.7 Å². The Bertz CT molecular complexity index is 1420. The molecule has 3 aromatic heterocycles. The zero-order chi connectivity index (χ0) is 22.4. The van der Waals surface area contributed by atoms with Gasteiger partial charge in [0.2, 0.25) is 0 Å². The van der Waals surface area contributed by atoms with Gasteiger partial charge in [0.15, 0.2) is 0 Å². The van der Waals surface area contributed by atoms with Crippen LogP contribution < -0.4 is 5.32 Å². The number of pyridine rings is 1. The number of nitrogens with zero attached hydrogens (tertiary/aromatic N) is 2. The maximum Gasteiger partial charge on any atom is 0.337 e. The molecule has 1 aliphatic rings. The smallest absolute Gasteiger partial charge is 0.337 e. The van der Waals surface area contributed by atoms with Gasteiger partial charge in [-0.15, -0.1) is 11.3 Å². The number of carbonyl (C=O) groups is 2. The van der Waals surface area contributed by atoms with E-state index in [1.54, 1.807) is 37.5 Å². The SMILES string of the molecule is Cc1[nH]c(/C=C2\C(=O)Nc3ncc(-c4csc(-c5ccccc5)n4)cc32)c(C)c1C(=O)O. The molecule has 8 heteroatoms. The number of hydrogen-bond acceptors (Lipinski definition) is 5. The van der Waals surface area contributed by atoms with Gasteiger partial charge >= 0.3 is 5.97 Å². The number of rotatable bonds is 4. The largest absolute Gasteiger partial charge is 0.478 e. The van der Waals surface area contributed by atoms with Crippen LogP contribution in [0, 0.1) is 13.8 Å². The molecular weight excluding hydrogens is 424 g/mol. The van der Waals surface area contributed by atoms with Crippen molar-refractivity contribution in [1.29, 1.82) is 0 Å². The minimum atomic E-state index is -1.00. The number of amides is 1. The lowest BCUT2D eigenvalue weighted by molar-refractivity contribution is -0.110. The van der Waals surface area contributed by atoms with E-state index >= 15 is 0 Å². The van der Waals surface area contributed by atoms with Crippen molar-refractivity contribution in [3.63, 3.8) is 0 Å². The second-order valence-corrected chi connectivity index (χ2v) is 8.36. The molecule has 4 aromatic rings. The van der Waals surface area contributed by atoms with E-state index < -0.39 is 5.97 Å². The maximum atomic E-state index is 12.6. The number of aryl methyl sites for hydroxylation is 1. The van der Waals surface area contributed by atoms with Crippen LogP contribution in [0.1, 0.15) is 32.9 Å². The van der Waals surface area contributed by atoms with Crippen LogP contribution in [0.3, 0.4) is 0 Å². The van der Waals surface area contributed by atoms with Gasteiger partial charge < -0.3 is 15.4 Å². The first-order valence-electron chi connectivity index (χ1n) is 9.89. The Morgan fingerprint density at radius 1 is 1.16 bits per heavy atom. The molecule has 0 bridgehead atoms. The van der Waals surface area contributed by atoms with Crippen LogP contribution >= 0.6 is 11.3 Å². The summed E-state index contributed by atoms with van der Waals surface area (Å²) in [5.41, 5.74) is 5.64. The number of fused-ring (bicyclic) bond motifs is 1. The number of aromatic amines is 1. The number of aromatic carboxylic acids is 1. The summed E-state index contributed by atoms with van der Waals surface area (Å²) in [7, 11) is 0. The first-order chi connectivity index (χ1) is 15.4. The molecule has 0 spiro atoms. The minimum Gasteiger partial charge on any atom is -0.478 e. The quantitative estimate of drug-likeness (QED) is 0.385. The highest BCUT2D eigenvalue weighted by molar-refractivity contribution is 7.13. The molecule has 0 fully saturated rings. The molecular formula is C24H18N4O3S. The van der Waals surface area contributed by atoms with Crippen LogP contribution in [0.2, 0.25) is 0 Å². The normalized spacial score (nSPS) is 13.9. The number of H-pyrrole nitrogens is 1. The Labute approximate surface area is 187 Å². The second-order valence-electron chi connectivity index (χ2n) is 7.51. The topological polar surface area (TPSA) is 108 Å². The summed E-state index contributed by atoms with van der Waals surface area (Å²) in [6.45, 7) is 3.43. The van der Waals surface area contributed by atoms with Crippen LogP contribution in [0.15, 0.2) is 48.0 Å². The molecule has 0 saturated heterocycles. The van der Waals surface area contributed by atoms with Crippen molar-refractivity contribution >= 4 is 40.7 Å². The average molecular weight is 443 g/mol. The fourth-order valence-corrected chi connectivity index (χ4v) is 4.69. The lowest BCUT2D eigenvalue weighted by atomic mass is 10.0. The van der Waals surface area contributed by atoms with E-state index in [-0.39, 0.29) is 11.5 Å². The molecule has 0 aliphatic carbocycles. The number of carboxylic acids is 1. The van der Waals surface area contributed by atoms with Crippen molar-refractivity contribution < 1.29 is 14.7 Å². The molecule has 4 heterocycles. The highest BCUT2D eigenvalue weighted by Crippen LogP contribution is 2.36. The first kappa shape index (κ1) is 19.9. The summed E-state index contributed by atoms with van der Waals surface area (Å²) in [6.07, 6.45) is 3.37. The van der Waals surface area contributed by atoms with E-state index in [1.807, 2.05) is 41.8 Å². The van der Waals surface area contributed by atoms with Crippen LogP contribution in [-0.4, -0.2) is 31.9 Å². The van der Waals surface area contributed by atoms with Crippen molar-refractivity contribution in [2.45, 2.75) is 13.8 Å². The molecule has 1 amide bonds. The van der Waals surface area contributed by atoms with Crippen molar-refractivity contribution in [3.8, 4) is 21.8 Å². The third-order valence-electron chi connectivity index (χ3n) is 5.45. The summed E-state index contributed by atoms with van der Waals surface area (Å²) in [6, 6.07) is 11.8. The van der Waals surface area contributed by atoms with Crippen molar-refractivity contribution in [2.24, 2.45) is 0 Å². The number of nitrogens with one attached hydrogen (secondary N) is 2. The van der Waals surface area contributed by atoms with Crippen LogP contribution in [0.5, 0.6) is 0 Å². The minimum absolute atomic E-state index is 0.221. The molecule has 0 radical (unpaired) electrons. The van der Waals surface area contributed by atoms with E-state index in [1.165, 1.54) is 0 Å². The number of hydrogen-bond donors (Lipinski definition) is 3. The van der Waals surface area contributed by atoms with Crippen molar-refractivity contribution in [3.05, 3.63) is 76.1 Å². The molecule has 0 unspecified atom stereocenters. The standard InChI is InChI=1S/C24H18N4O3S/c1-12-18(26-13(2)20(12)24(30)31)9-17-16-8-15(10-25-21(16)28-22(17)29)19-11-32-23(27-19)14-6-4-3-5-7-14/h3-11,26H,1-2H3,(H,30,31)(H,25,28,29)/b17-9-. The number of thiazole rings is 1. The zero-order valence-corrected chi connectivity index (χ0v) is 18.1. The predicted molar refractivity (Wildman–Crippen MR) is 125 cm³/mol. The summed E-state index contributed by atoms with van der Waals surface area (Å²) in [5.74, 6) is -0.807. The fraction of sp³-hybridized carbons (Fsp3) is 0.0833. The summed E-state index contributed by atoms with van der Waals surface area (Å²) >= 11 is 1.55. The van der Waals surface area contributed by atoms with Gasteiger partial charge in [-0.2, -0.15) is 0 Å². The molecule has 3 N–H and O–H groups in total.